The van der Waals surface area contributed by atoms with Crippen LogP contribution in [0.3, 0.4) is 0 Å². The normalized spacial score (nSPS) is 19.4. The van der Waals surface area contributed by atoms with Crippen LogP contribution in [0.4, 0.5) is 0 Å². The average Bonchev–Trinajstić information content (AvgIpc) is 2.48. The monoisotopic (exact) mass is 329 g/mol. The van der Waals surface area contributed by atoms with Gasteiger partial charge in [0.1, 0.15) is 0 Å². The lowest BCUT2D eigenvalue weighted by Crippen LogP contribution is -2.27. The Morgan fingerprint density at radius 1 is 1.10 bits per heavy atom. The van der Waals surface area contributed by atoms with Crippen molar-refractivity contribution in [1.29, 1.82) is 0 Å². The highest BCUT2D eigenvalue weighted by Gasteiger charge is 2.21. The highest BCUT2D eigenvalue weighted by Crippen LogP contribution is 2.31. The third-order valence-corrected chi connectivity index (χ3v) is 4.72. The Balaban J connectivity index is 1.77. The predicted molar refractivity (Wildman–Crippen MR) is 87.8 cm³/mol. The van der Waals surface area contributed by atoms with Crippen LogP contribution in [-0.4, -0.2) is 0 Å². The minimum absolute atomic E-state index is 0.374. The second kappa shape index (κ2) is 6.11. The minimum atomic E-state index is 0.374. The average molecular weight is 330 g/mol. The molecule has 0 spiro atoms. The van der Waals surface area contributed by atoms with Gasteiger partial charge >= 0.3 is 0 Å². The Labute approximate surface area is 129 Å². The molecule has 104 valence electrons. The molecule has 0 aromatic heterocycles. The zero-order valence-corrected chi connectivity index (χ0v) is 13.4. The quantitative estimate of drug-likeness (QED) is 0.818. The van der Waals surface area contributed by atoms with Gasteiger partial charge in [0.05, 0.1) is 0 Å². The van der Waals surface area contributed by atoms with Crippen LogP contribution in [0.2, 0.25) is 0 Å². The molecule has 2 heteroatoms. The number of hydrogen-bond donors (Lipinski definition) is 1. The van der Waals surface area contributed by atoms with Gasteiger partial charge < -0.3 is 5.32 Å². The Kier molecular flexibility index (Phi) is 4.23. The van der Waals surface area contributed by atoms with Crippen molar-refractivity contribution in [2.24, 2.45) is 0 Å². The second-order valence-electron chi connectivity index (χ2n) is 5.58. The van der Waals surface area contributed by atoms with Gasteiger partial charge in [-0.05, 0) is 55.0 Å². The molecule has 2 aromatic carbocycles. The summed E-state index contributed by atoms with van der Waals surface area (Å²) in [4.78, 5) is 0. The van der Waals surface area contributed by atoms with E-state index >= 15 is 0 Å². The second-order valence-corrected chi connectivity index (χ2v) is 6.50. The van der Waals surface area contributed by atoms with Gasteiger partial charge in [-0.2, -0.15) is 0 Å². The molecular formula is C18H20BrN. The highest BCUT2D eigenvalue weighted by atomic mass is 79.9. The zero-order chi connectivity index (χ0) is 13.9. The van der Waals surface area contributed by atoms with E-state index in [9.17, 15) is 0 Å². The molecule has 0 bridgehead atoms. The fourth-order valence-electron chi connectivity index (χ4n) is 3.08. The molecule has 0 amide bonds. The first-order valence-corrected chi connectivity index (χ1v) is 8.12. The Bertz CT molecular complexity index is 576. The van der Waals surface area contributed by atoms with Gasteiger partial charge in [-0.25, -0.2) is 0 Å². The maximum absolute atomic E-state index is 3.80. The minimum Gasteiger partial charge on any atom is -0.303 e. The summed E-state index contributed by atoms with van der Waals surface area (Å²) in [5, 5.41) is 3.80. The molecule has 0 heterocycles. The first-order valence-electron chi connectivity index (χ1n) is 7.33. The fraction of sp³-hybridized carbons (Fsp3) is 0.333. The van der Waals surface area contributed by atoms with Crippen molar-refractivity contribution in [1.82, 2.24) is 5.32 Å². The van der Waals surface area contributed by atoms with Crippen molar-refractivity contribution in [3.05, 3.63) is 69.7 Å². The molecule has 0 fully saturated rings. The summed E-state index contributed by atoms with van der Waals surface area (Å²) in [7, 11) is 0. The molecule has 2 aromatic rings. The number of benzene rings is 2. The smallest absolute Gasteiger partial charge is 0.0328 e. The molecule has 1 nitrogen and oxygen atoms in total. The lowest BCUT2D eigenvalue weighted by atomic mass is 9.87. The summed E-state index contributed by atoms with van der Waals surface area (Å²) in [6.45, 7) is 2.25. The first-order chi connectivity index (χ1) is 9.74. The van der Waals surface area contributed by atoms with Crippen molar-refractivity contribution < 1.29 is 0 Å². The van der Waals surface area contributed by atoms with Crippen molar-refractivity contribution in [2.45, 2.75) is 38.3 Å². The summed E-state index contributed by atoms with van der Waals surface area (Å²) in [5.74, 6) is 0. The van der Waals surface area contributed by atoms with Crippen molar-refractivity contribution in [3.8, 4) is 0 Å². The number of aryl methyl sites for hydroxylation is 1. The molecule has 1 unspecified atom stereocenters. The van der Waals surface area contributed by atoms with Gasteiger partial charge in [-0.15, -0.1) is 0 Å². The lowest BCUT2D eigenvalue weighted by Gasteiger charge is -2.29. The summed E-state index contributed by atoms with van der Waals surface area (Å²) >= 11 is 3.49. The van der Waals surface area contributed by atoms with Crippen LogP contribution < -0.4 is 5.32 Å². The van der Waals surface area contributed by atoms with Gasteiger partial charge in [0.15, 0.2) is 0 Å². The zero-order valence-electron chi connectivity index (χ0n) is 11.8. The van der Waals surface area contributed by atoms with E-state index in [1.165, 1.54) is 36.0 Å². The van der Waals surface area contributed by atoms with E-state index in [0.717, 1.165) is 4.47 Å². The summed E-state index contributed by atoms with van der Waals surface area (Å²) in [6.07, 6.45) is 3.74. The molecule has 1 aliphatic rings. The molecule has 0 radical (unpaired) electrons. The van der Waals surface area contributed by atoms with Crippen LogP contribution in [0.25, 0.3) is 0 Å². The molecule has 3 rings (SSSR count). The van der Waals surface area contributed by atoms with E-state index in [2.05, 4.69) is 76.7 Å². The largest absolute Gasteiger partial charge is 0.303 e. The maximum Gasteiger partial charge on any atom is 0.0328 e. The van der Waals surface area contributed by atoms with E-state index in [1.807, 2.05) is 0 Å². The number of rotatable bonds is 3. The third kappa shape index (κ3) is 2.97. The SMILES string of the molecule is C[C@H](NC1CCCc2ccccc21)c1ccc(Br)cc1. The maximum atomic E-state index is 3.80. The number of fused-ring (bicyclic) bond motifs is 1. The van der Waals surface area contributed by atoms with E-state index in [0.29, 0.717) is 12.1 Å². The van der Waals surface area contributed by atoms with Crippen LogP contribution in [0.15, 0.2) is 53.0 Å². The third-order valence-electron chi connectivity index (χ3n) is 4.19. The molecule has 0 saturated carbocycles. The summed E-state index contributed by atoms with van der Waals surface area (Å²) < 4.78 is 1.14. The van der Waals surface area contributed by atoms with E-state index in [1.54, 1.807) is 0 Å². The van der Waals surface area contributed by atoms with Crippen LogP contribution >= 0.6 is 15.9 Å². The first kappa shape index (κ1) is 13.8. The molecule has 0 saturated heterocycles. The Hall–Kier alpha value is -1.12. The van der Waals surface area contributed by atoms with Gasteiger partial charge in [0, 0.05) is 16.6 Å². The fourth-order valence-corrected chi connectivity index (χ4v) is 3.34. The van der Waals surface area contributed by atoms with E-state index in [-0.39, 0.29) is 0 Å². The van der Waals surface area contributed by atoms with Crippen LogP contribution in [0.5, 0.6) is 0 Å². The Morgan fingerprint density at radius 3 is 2.65 bits per heavy atom. The molecule has 20 heavy (non-hydrogen) atoms. The molecule has 0 aliphatic heterocycles. The lowest BCUT2D eigenvalue weighted by molar-refractivity contribution is 0.415. The van der Waals surface area contributed by atoms with Crippen molar-refractivity contribution in [3.63, 3.8) is 0 Å². The van der Waals surface area contributed by atoms with E-state index in [4.69, 9.17) is 0 Å². The molecular weight excluding hydrogens is 310 g/mol. The van der Waals surface area contributed by atoms with Gasteiger partial charge in [-0.3, -0.25) is 0 Å². The van der Waals surface area contributed by atoms with Crippen LogP contribution in [-0.2, 0) is 6.42 Å². The number of nitrogens with one attached hydrogen (secondary N) is 1. The van der Waals surface area contributed by atoms with Gasteiger partial charge in [0.2, 0.25) is 0 Å². The number of hydrogen-bond acceptors (Lipinski definition) is 1. The molecule has 2 atom stereocenters. The topological polar surface area (TPSA) is 12.0 Å². The molecule has 1 N–H and O–H groups in total. The predicted octanol–water partition coefficient (Wildman–Crippen LogP) is 5.18. The summed E-state index contributed by atoms with van der Waals surface area (Å²) in [5.41, 5.74) is 4.35. The van der Waals surface area contributed by atoms with Gasteiger partial charge in [-0.1, -0.05) is 52.3 Å². The van der Waals surface area contributed by atoms with Crippen molar-refractivity contribution in [2.75, 3.05) is 0 Å². The van der Waals surface area contributed by atoms with Crippen LogP contribution in [0.1, 0.15) is 48.5 Å². The Morgan fingerprint density at radius 2 is 1.85 bits per heavy atom. The highest BCUT2D eigenvalue weighted by molar-refractivity contribution is 9.10. The standard InChI is InChI=1S/C18H20BrN/c1-13(14-9-11-16(19)12-10-14)20-18-8-4-6-15-5-2-3-7-17(15)18/h2-3,5,7,9-13,18,20H,4,6,8H2,1H3/t13-,18?/m0/s1. The summed E-state index contributed by atoms with van der Waals surface area (Å²) in [6, 6.07) is 18.3. The van der Waals surface area contributed by atoms with Crippen molar-refractivity contribution >= 4 is 15.9 Å². The number of halogens is 1. The van der Waals surface area contributed by atoms with Gasteiger partial charge in [0.25, 0.3) is 0 Å². The van der Waals surface area contributed by atoms with Crippen LogP contribution in [0, 0.1) is 0 Å². The molecule has 1 aliphatic carbocycles. The van der Waals surface area contributed by atoms with E-state index < -0.39 is 0 Å².